The van der Waals surface area contributed by atoms with E-state index in [1.54, 1.807) is 31.4 Å². The minimum atomic E-state index is -0.238. The molecular formula is C21H19N3O2S. The number of methoxy groups -OCH3 is 1. The molecule has 0 fully saturated rings. The molecule has 27 heavy (non-hydrogen) atoms. The number of aromatic nitrogens is 1. The molecule has 0 aliphatic heterocycles. The third-order valence-corrected chi connectivity index (χ3v) is 5.77. The van der Waals surface area contributed by atoms with Gasteiger partial charge in [-0.15, -0.1) is 11.3 Å². The van der Waals surface area contributed by atoms with Gasteiger partial charge in [0.15, 0.2) is 0 Å². The molecule has 1 amide bonds. The zero-order valence-corrected chi connectivity index (χ0v) is 16.1. The predicted molar refractivity (Wildman–Crippen MR) is 112 cm³/mol. The molecule has 2 aromatic carbocycles. The fraction of sp³-hybridized carbons (Fsp3) is 0.143. The highest BCUT2D eigenvalue weighted by Crippen LogP contribution is 2.36. The molecule has 3 N–H and O–H groups in total. The molecule has 136 valence electrons. The average molecular weight is 377 g/mol. The van der Waals surface area contributed by atoms with E-state index in [0.29, 0.717) is 16.3 Å². The van der Waals surface area contributed by atoms with Crippen LogP contribution in [0.4, 0.5) is 11.4 Å². The van der Waals surface area contributed by atoms with Crippen LogP contribution in [0.1, 0.15) is 20.8 Å². The Bertz CT molecular complexity index is 1180. The SMILES string of the molecule is COc1ccc(NC(=O)c2sc3nc4c(C)ccc(C)c4cc3c2N)cc1. The molecule has 5 nitrogen and oxygen atoms in total. The largest absolute Gasteiger partial charge is 0.497 e. The van der Waals surface area contributed by atoms with Crippen molar-refractivity contribution >= 4 is 49.7 Å². The Balaban J connectivity index is 1.76. The van der Waals surface area contributed by atoms with Gasteiger partial charge in [-0.3, -0.25) is 4.79 Å². The summed E-state index contributed by atoms with van der Waals surface area (Å²) in [4.78, 5) is 18.8. The van der Waals surface area contributed by atoms with E-state index in [4.69, 9.17) is 15.5 Å². The maximum Gasteiger partial charge on any atom is 0.267 e. The van der Waals surface area contributed by atoms with Crippen LogP contribution >= 0.6 is 11.3 Å². The van der Waals surface area contributed by atoms with Crippen LogP contribution in [0.3, 0.4) is 0 Å². The van der Waals surface area contributed by atoms with Crippen molar-refractivity contribution in [2.45, 2.75) is 13.8 Å². The lowest BCUT2D eigenvalue weighted by atomic mass is 10.0. The van der Waals surface area contributed by atoms with Gasteiger partial charge in [0.2, 0.25) is 0 Å². The molecule has 0 spiro atoms. The van der Waals surface area contributed by atoms with Gasteiger partial charge in [0.25, 0.3) is 5.91 Å². The molecule has 4 rings (SSSR count). The summed E-state index contributed by atoms with van der Waals surface area (Å²) in [5.74, 6) is 0.495. The molecule has 0 bridgehead atoms. The van der Waals surface area contributed by atoms with E-state index in [1.807, 2.05) is 13.0 Å². The van der Waals surface area contributed by atoms with E-state index < -0.39 is 0 Å². The highest BCUT2D eigenvalue weighted by molar-refractivity contribution is 7.21. The van der Waals surface area contributed by atoms with Crippen molar-refractivity contribution < 1.29 is 9.53 Å². The van der Waals surface area contributed by atoms with Gasteiger partial charge in [-0.2, -0.15) is 0 Å². The maximum atomic E-state index is 12.7. The van der Waals surface area contributed by atoms with Gasteiger partial charge in [-0.05, 0) is 55.3 Å². The van der Waals surface area contributed by atoms with Crippen molar-refractivity contribution in [1.29, 1.82) is 0 Å². The van der Waals surface area contributed by atoms with E-state index in [2.05, 4.69) is 24.4 Å². The Hall–Kier alpha value is -3.12. The number of thiophene rings is 1. The molecule has 4 aromatic rings. The number of carbonyl (C=O) groups excluding carboxylic acids is 1. The topological polar surface area (TPSA) is 77.2 Å². The normalized spacial score (nSPS) is 11.1. The molecular weight excluding hydrogens is 358 g/mol. The molecule has 0 aliphatic carbocycles. The maximum absolute atomic E-state index is 12.7. The number of hydrogen-bond donors (Lipinski definition) is 2. The van der Waals surface area contributed by atoms with Crippen LogP contribution in [0.25, 0.3) is 21.1 Å². The van der Waals surface area contributed by atoms with Crippen LogP contribution < -0.4 is 15.8 Å². The third-order valence-electron chi connectivity index (χ3n) is 4.66. The summed E-state index contributed by atoms with van der Waals surface area (Å²) in [7, 11) is 1.60. The second kappa shape index (κ2) is 6.55. The van der Waals surface area contributed by atoms with Crippen molar-refractivity contribution in [3.05, 3.63) is 58.5 Å². The number of nitrogen functional groups attached to an aromatic ring is 1. The number of anilines is 2. The third kappa shape index (κ3) is 2.98. The second-order valence-corrected chi connectivity index (χ2v) is 7.46. The minimum Gasteiger partial charge on any atom is -0.497 e. The van der Waals surface area contributed by atoms with Gasteiger partial charge >= 0.3 is 0 Å². The number of carbonyl (C=O) groups is 1. The van der Waals surface area contributed by atoms with E-state index >= 15 is 0 Å². The summed E-state index contributed by atoms with van der Waals surface area (Å²) in [5.41, 5.74) is 10.7. The summed E-state index contributed by atoms with van der Waals surface area (Å²) < 4.78 is 5.14. The minimum absolute atomic E-state index is 0.238. The Morgan fingerprint density at radius 1 is 1.07 bits per heavy atom. The fourth-order valence-electron chi connectivity index (χ4n) is 3.09. The fourth-order valence-corrected chi connectivity index (χ4v) is 4.06. The first-order valence-corrected chi connectivity index (χ1v) is 9.34. The molecule has 0 unspecified atom stereocenters. The summed E-state index contributed by atoms with van der Waals surface area (Å²) in [5, 5.41) is 4.77. The number of nitrogens with zero attached hydrogens (tertiary/aromatic N) is 1. The number of nitrogens with two attached hydrogens (primary N) is 1. The first-order valence-electron chi connectivity index (χ1n) is 8.52. The summed E-state index contributed by atoms with van der Waals surface area (Å²) in [6.45, 7) is 4.09. The van der Waals surface area contributed by atoms with Crippen molar-refractivity contribution in [2.75, 3.05) is 18.2 Å². The lowest BCUT2D eigenvalue weighted by Gasteiger charge is -2.06. The van der Waals surface area contributed by atoms with Gasteiger partial charge in [0, 0.05) is 16.5 Å². The van der Waals surface area contributed by atoms with Crippen LogP contribution in [0.15, 0.2) is 42.5 Å². The Morgan fingerprint density at radius 2 is 1.78 bits per heavy atom. The Labute approximate surface area is 160 Å². The first kappa shape index (κ1) is 17.3. The number of aryl methyl sites for hydroxylation is 2. The number of amides is 1. The number of fused-ring (bicyclic) bond motifs is 2. The molecule has 0 saturated heterocycles. The van der Waals surface area contributed by atoms with Crippen molar-refractivity contribution in [2.24, 2.45) is 0 Å². The number of pyridine rings is 1. The first-order chi connectivity index (χ1) is 13.0. The zero-order chi connectivity index (χ0) is 19.1. The van der Waals surface area contributed by atoms with Crippen LogP contribution in [0.5, 0.6) is 5.75 Å². The lowest BCUT2D eigenvalue weighted by Crippen LogP contribution is -2.11. The number of ether oxygens (including phenoxy) is 1. The van der Waals surface area contributed by atoms with Crippen LogP contribution in [-0.2, 0) is 0 Å². The second-order valence-electron chi connectivity index (χ2n) is 6.46. The van der Waals surface area contributed by atoms with Crippen LogP contribution in [-0.4, -0.2) is 18.0 Å². The summed E-state index contributed by atoms with van der Waals surface area (Å²) in [6.07, 6.45) is 0. The van der Waals surface area contributed by atoms with Crippen LogP contribution in [0.2, 0.25) is 0 Å². The number of benzene rings is 2. The van der Waals surface area contributed by atoms with Gasteiger partial charge in [-0.1, -0.05) is 12.1 Å². The molecule has 0 atom stereocenters. The smallest absolute Gasteiger partial charge is 0.267 e. The standard InChI is InChI=1S/C21H19N3O2S/c1-11-4-5-12(2)18-15(11)10-16-17(22)19(27-21(16)24-18)20(25)23-13-6-8-14(26-3)9-7-13/h4-10H,22H2,1-3H3,(H,23,25). The lowest BCUT2D eigenvalue weighted by molar-refractivity contribution is 0.103. The molecule has 0 saturated carbocycles. The van der Waals surface area contributed by atoms with E-state index in [9.17, 15) is 4.79 Å². The molecule has 2 heterocycles. The Kier molecular flexibility index (Phi) is 4.20. The highest BCUT2D eigenvalue weighted by atomic mass is 32.1. The average Bonchev–Trinajstić information content (AvgIpc) is 3.00. The van der Waals surface area contributed by atoms with Gasteiger partial charge in [0.1, 0.15) is 15.5 Å². The molecule has 2 aromatic heterocycles. The van der Waals surface area contributed by atoms with Crippen molar-refractivity contribution in [3.8, 4) is 5.75 Å². The van der Waals surface area contributed by atoms with E-state index in [1.165, 1.54) is 11.3 Å². The van der Waals surface area contributed by atoms with Crippen molar-refractivity contribution in [3.63, 3.8) is 0 Å². The molecule has 0 radical (unpaired) electrons. The predicted octanol–water partition coefficient (Wildman–Crippen LogP) is 4.91. The zero-order valence-electron chi connectivity index (χ0n) is 15.3. The number of hydrogen-bond acceptors (Lipinski definition) is 5. The summed E-state index contributed by atoms with van der Waals surface area (Å²) >= 11 is 1.32. The summed E-state index contributed by atoms with van der Waals surface area (Å²) in [6, 6.07) is 13.3. The quantitative estimate of drug-likeness (QED) is 0.532. The number of rotatable bonds is 3. The van der Waals surface area contributed by atoms with Crippen LogP contribution in [0, 0.1) is 13.8 Å². The van der Waals surface area contributed by atoms with Crippen molar-refractivity contribution in [1.82, 2.24) is 4.98 Å². The Morgan fingerprint density at radius 3 is 2.48 bits per heavy atom. The highest BCUT2D eigenvalue weighted by Gasteiger charge is 2.19. The van der Waals surface area contributed by atoms with Gasteiger partial charge in [0.05, 0.1) is 18.3 Å². The van der Waals surface area contributed by atoms with Gasteiger partial charge < -0.3 is 15.8 Å². The van der Waals surface area contributed by atoms with E-state index in [0.717, 1.165) is 38.0 Å². The molecule has 0 aliphatic rings. The monoisotopic (exact) mass is 377 g/mol. The molecule has 6 heteroatoms. The number of nitrogens with one attached hydrogen (secondary N) is 1. The van der Waals surface area contributed by atoms with E-state index in [-0.39, 0.29) is 5.91 Å². The van der Waals surface area contributed by atoms with Gasteiger partial charge in [-0.25, -0.2) is 4.98 Å².